The number of piperazine rings is 1. The Bertz CT molecular complexity index is 741. The number of hydrogen-bond donors (Lipinski definition) is 2. The molecule has 0 radical (unpaired) electrons. The molecule has 0 saturated carbocycles. The van der Waals surface area contributed by atoms with Crippen LogP contribution in [0.25, 0.3) is 0 Å². The summed E-state index contributed by atoms with van der Waals surface area (Å²) in [5.41, 5.74) is 1.20. The van der Waals surface area contributed by atoms with E-state index in [-0.39, 0.29) is 24.6 Å². The summed E-state index contributed by atoms with van der Waals surface area (Å²) in [6.45, 7) is 6.82. The van der Waals surface area contributed by atoms with Gasteiger partial charge in [0.05, 0.1) is 13.2 Å². The number of ether oxygens (including phenoxy) is 1. The third-order valence-electron chi connectivity index (χ3n) is 5.75. The summed E-state index contributed by atoms with van der Waals surface area (Å²) in [6, 6.07) is 10.5. The summed E-state index contributed by atoms with van der Waals surface area (Å²) < 4.78 is 5.06. The van der Waals surface area contributed by atoms with Gasteiger partial charge < -0.3 is 30.1 Å². The van der Waals surface area contributed by atoms with Crippen molar-refractivity contribution in [2.75, 3.05) is 64.4 Å². The third-order valence-corrected chi connectivity index (χ3v) is 5.75. The van der Waals surface area contributed by atoms with Crippen molar-refractivity contribution in [1.29, 1.82) is 0 Å². The first-order valence-corrected chi connectivity index (χ1v) is 11.1. The van der Waals surface area contributed by atoms with Gasteiger partial charge in [-0.25, -0.2) is 4.79 Å². The lowest BCUT2D eigenvalue weighted by molar-refractivity contribution is -0.130. The van der Waals surface area contributed by atoms with E-state index in [1.54, 1.807) is 11.9 Å². The minimum absolute atomic E-state index is 0.0767. The number of amides is 2. The van der Waals surface area contributed by atoms with Gasteiger partial charge in [-0.15, -0.1) is 0 Å². The zero-order valence-corrected chi connectivity index (χ0v) is 18.5. The van der Waals surface area contributed by atoms with Crippen molar-refractivity contribution < 1.29 is 14.3 Å². The highest BCUT2D eigenvalue weighted by molar-refractivity contribution is 5.86. The number of guanidine groups is 1. The lowest BCUT2D eigenvalue weighted by Crippen LogP contribution is -2.53. The van der Waals surface area contributed by atoms with Gasteiger partial charge in [0.2, 0.25) is 5.91 Å². The molecule has 2 aliphatic heterocycles. The first-order valence-electron chi connectivity index (χ1n) is 11.1. The predicted octanol–water partition coefficient (Wildman–Crippen LogP) is 1.12. The first kappa shape index (κ1) is 22.7. The Labute approximate surface area is 184 Å². The Morgan fingerprint density at radius 3 is 2.32 bits per heavy atom. The summed E-state index contributed by atoms with van der Waals surface area (Å²) in [7, 11) is 1.70. The van der Waals surface area contributed by atoms with Crippen molar-refractivity contribution in [2.24, 2.45) is 4.99 Å². The molecule has 0 aliphatic carbocycles. The van der Waals surface area contributed by atoms with Crippen LogP contribution in [0.1, 0.15) is 19.8 Å². The van der Waals surface area contributed by atoms with E-state index in [0.717, 1.165) is 25.9 Å². The largest absolute Gasteiger partial charge is 0.450 e. The number of piperidine rings is 1. The second-order valence-corrected chi connectivity index (χ2v) is 7.73. The van der Waals surface area contributed by atoms with Crippen LogP contribution >= 0.6 is 0 Å². The highest BCUT2D eigenvalue weighted by atomic mass is 16.6. The fourth-order valence-corrected chi connectivity index (χ4v) is 3.93. The Kier molecular flexibility index (Phi) is 8.37. The molecule has 0 bridgehead atoms. The molecular formula is C22H34N6O3. The monoisotopic (exact) mass is 430 g/mol. The van der Waals surface area contributed by atoms with Crippen molar-refractivity contribution in [3.05, 3.63) is 30.3 Å². The van der Waals surface area contributed by atoms with Crippen molar-refractivity contribution in [2.45, 2.75) is 25.8 Å². The van der Waals surface area contributed by atoms with Gasteiger partial charge in [0.25, 0.3) is 0 Å². The molecule has 1 aromatic carbocycles. The van der Waals surface area contributed by atoms with Crippen LogP contribution in [0.5, 0.6) is 0 Å². The lowest BCUT2D eigenvalue weighted by atomic mass is 10.1. The first-order chi connectivity index (χ1) is 15.1. The van der Waals surface area contributed by atoms with Gasteiger partial charge >= 0.3 is 6.09 Å². The van der Waals surface area contributed by atoms with Crippen LogP contribution in [-0.2, 0) is 9.53 Å². The molecule has 2 saturated heterocycles. The summed E-state index contributed by atoms with van der Waals surface area (Å²) in [5.74, 6) is 0.693. The summed E-state index contributed by atoms with van der Waals surface area (Å²) in [5, 5.41) is 6.50. The van der Waals surface area contributed by atoms with Crippen LogP contribution in [0.2, 0.25) is 0 Å². The molecule has 0 unspecified atom stereocenters. The van der Waals surface area contributed by atoms with Crippen molar-refractivity contribution in [3.8, 4) is 0 Å². The van der Waals surface area contributed by atoms with Crippen LogP contribution < -0.4 is 15.5 Å². The van der Waals surface area contributed by atoms with Crippen LogP contribution in [-0.4, -0.2) is 93.3 Å². The number of likely N-dealkylation sites (tertiary alicyclic amines) is 1. The molecule has 9 nitrogen and oxygen atoms in total. The number of para-hydroxylation sites is 1. The van der Waals surface area contributed by atoms with Gasteiger partial charge in [-0.2, -0.15) is 0 Å². The van der Waals surface area contributed by atoms with Crippen LogP contribution in [0, 0.1) is 0 Å². The van der Waals surface area contributed by atoms with E-state index >= 15 is 0 Å². The molecule has 1 aromatic rings. The Morgan fingerprint density at radius 1 is 1.03 bits per heavy atom. The van der Waals surface area contributed by atoms with Gasteiger partial charge in [-0.1, -0.05) is 18.2 Å². The predicted molar refractivity (Wildman–Crippen MR) is 121 cm³/mol. The number of nitrogens with one attached hydrogen (secondary N) is 2. The average Bonchev–Trinajstić information content (AvgIpc) is 2.82. The summed E-state index contributed by atoms with van der Waals surface area (Å²) >= 11 is 0. The van der Waals surface area contributed by atoms with Gasteiger partial charge in [0.15, 0.2) is 5.96 Å². The van der Waals surface area contributed by atoms with Crippen LogP contribution in [0.15, 0.2) is 35.3 Å². The number of anilines is 1. The van der Waals surface area contributed by atoms with Crippen molar-refractivity contribution >= 4 is 23.6 Å². The van der Waals surface area contributed by atoms with Gasteiger partial charge in [0, 0.05) is 58.0 Å². The Morgan fingerprint density at radius 2 is 1.71 bits per heavy atom. The van der Waals surface area contributed by atoms with Crippen LogP contribution in [0.3, 0.4) is 0 Å². The third kappa shape index (κ3) is 6.50. The van der Waals surface area contributed by atoms with Gasteiger partial charge in [-0.05, 0) is 31.9 Å². The van der Waals surface area contributed by atoms with E-state index in [9.17, 15) is 9.59 Å². The zero-order valence-electron chi connectivity index (χ0n) is 18.5. The maximum Gasteiger partial charge on any atom is 0.409 e. The maximum atomic E-state index is 12.6. The normalized spacial score (nSPS) is 18.0. The Balaban J connectivity index is 1.37. The summed E-state index contributed by atoms with van der Waals surface area (Å²) in [4.78, 5) is 34.6. The number of carbonyl (C=O) groups is 2. The molecule has 31 heavy (non-hydrogen) atoms. The molecule has 170 valence electrons. The molecule has 9 heteroatoms. The SMILES string of the molecule is CCOC(=O)N1CCC(NC(=NC)NCC(=O)N2CCN(c3ccccc3)CC2)CC1. The van der Waals surface area contributed by atoms with Gasteiger partial charge in [0.1, 0.15) is 0 Å². The zero-order chi connectivity index (χ0) is 22.1. The van der Waals surface area contributed by atoms with E-state index in [0.29, 0.717) is 38.7 Å². The molecule has 2 aliphatic rings. The topological polar surface area (TPSA) is 89.5 Å². The standard InChI is InChI=1S/C22H34N6O3/c1-3-31-22(30)28-11-9-18(10-12-28)25-21(23-2)24-17-20(29)27-15-13-26(14-16-27)19-7-5-4-6-8-19/h4-8,18H,3,9-17H2,1-2H3,(H2,23,24,25). The molecule has 0 atom stereocenters. The molecule has 2 heterocycles. The number of hydrogen-bond acceptors (Lipinski definition) is 5. The van der Waals surface area contributed by atoms with E-state index < -0.39 is 0 Å². The Hall–Kier alpha value is -2.97. The van der Waals surface area contributed by atoms with E-state index in [1.165, 1.54) is 5.69 Å². The molecule has 0 spiro atoms. The number of rotatable bonds is 5. The maximum absolute atomic E-state index is 12.6. The van der Waals surface area contributed by atoms with Crippen molar-refractivity contribution in [1.82, 2.24) is 20.4 Å². The molecule has 2 amide bonds. The van der Waals surface area contributed by atoms with Crippen LogP contribution in [0.4, 0.5) is 10.5 Å². The second-order valence-electron chi connectivity index (χ2n) is 7.73. The minimum atomic E-state index is -0.249. The quantitative estimate of drug-likeness (QED) is 0.538. The van der Waals surface area contributed by atoms with Crippen molar-refractivity contribution in [3.63, 3.8) is 0 Å². The number of carbonyl (C=O) groups excluding carboxylic acids is 2. The fourth-order valence-electron chi connectivity index (χ4n) is 3.93. The van der Waals surface area contributed by atoms with E-state index in [4.69, 9.17) is 4.74 Å². The molecule has 3 rings (SSSR count). The second kappa shape index (κ2) is 11.4. The van der Waals surface area contributed by atoms with Gasteiger partial charge in [-0.3, -0.25) is 9.79 Å². The summed E-state index contributed by atoms with van der Waals surface area (Å²) in [6.07, 6.45) is 1.38. The number of aliphatic imine (C=N–C) groups is 1. The minimum Gasteiger partial charge on any atom is -0.450 e. The molecular weight excluding hydrogens is 396 g/mol. The van der Waals surface area contributed by atoms with E-state index in [2.05, 4.69) is 32.7 Å². The average molecular weight is 431 g/mol. The number of nitrogens with zero attached hydrogens (tertiary/aromatic N) is 4. The smallest absolute Gasteiger partial charge is 0.409 e. The highest BCUT2D eigenvalue weighted by Crippen LogP contribution is 2.15. The molecule has 0 aromatic heterocycles. The molecule has 2 N–H and O–H groups in total. The highest BCUT2D eigenvalue weighted by Gasteiger charge is 2.25. The molecule has 2 fully saturated rings. The lowest BCUT2D eigenvalue weighted by Gasteiger charge is -2.36. The fraction of sp³-hybridized carbons (Fsp3) is 0.591. The number of benzene rings is 1. The van der Waals surface area contributed by atoms with E-state index in [1.807, 2.05) is 30.0 Å².